The number of rotatable bonds is 3. The molecule has 5 heteroatoms. The SMILES string of the molecule is Nc1cnccc1SCc1ccc2c(c1)OCO2. The first-order valence-electron chi connectivity index (χ1n) is 5.54. The highest BCUT2D eigenvalue weighted by Gasteiger charge is 2.13. The van der Waals surface area contributed by atoms with Gasteiger partial charge in [0.1, 0.15) is 0 Å². The maximum atomic E-state index is 5.85. The van der Waals surface area contributed by atoms with Gasteiger partial charge in [-0.3, -0.25) is 4.98 Å². The summed E-state index contributed by atoms with van der Waals surface area (Å²) in [6, 6.07) is 7.91. The first-order valence-corrected chi connectivity index (χ1v) is 6.52. The lowest BCUT2D eigenvalue weighted by atomic mass is 10.2. The van der Waals surface area contributed by atoms with Gasteiger partial charge < -0.3 is 15.2 Å². The summed E-state index contributed by atoms with van der Waals surface area (Å²) in [4.78, 5) is 5.02. The maximum absolute atomic E-state index is 5.85. The van der Waals surface area contributed by atoms with Gasteiger partial charge in [0.25, 0.3) is 0 Å². The van der Waals surface area contributed by atoms with E-state index in [9.17, 15) is 0 Å². The summed E-state index contributed by atoms with van der Waals surface area (Å²) in [6.45, 7) is 0.309. The smallest absolute Gasteiger partial charge is 0.231 e. The second kappa shape index (κ2) is 4.78. The summed E-state index contributed by atoms with van der Waals surface area (Å²) >= 11 is 1.68. The van der Waals surface area contributed by atoms with Crippen LogP contribution in [0.2, 0.25) is 0 Å². The number of fused-ring (bicyclic) bond motifs is 1. The summed E-state index contributed by atoms with van der Waals surface area (Å²) in [6.07, 6.45) is 3.42. The molecule has 2 N–H and O–H groups in total. The molecule has 1 aliphatic heterocycles. The van der Waals surface area contributed by atoms with Crippen molar-refractivity contribution in [3.8, 4) is 11.5 Å². The number of aromatic nitrogens is 1. The van der Waals surface area contributed by atoms with Crippen molar-refractivity contribution in [2.24, 2.45) is 0 Å². The van der Waals surface area contributed by atoms with E-state index in [0.29, 0.717) is 12.5 Å². The Balaban J connectivity index is 1.72. The zero-order valence-corrected chi connectivity index (χ0v) is 10.4. The normalized spacial score (nSPS) is 12.7. The van der Waals surface area contributed by atoms with Crippen LogP contribution in [-0.4, -0.2) is 11.8 Å². The van der Waals surface area contributed by atoms with Gasteiger partial charge in [0.2, 0.25) is 6.79 Å². The van der Waals surface area contributed by atoms with E-state index in [1.807, 2.05) is 24.3 Å². The van der Waals surface area contributed by atoms with Gasteiger partial charge in [-0.1, -0.05) is 6.07 Å². The fraction of sp³-hybridized carbons (Fsp3) is 0.154. The van der Waals surface area contributed by atoms with Crippen molar-refractivity contribution < 1.29 is 9.47 Å². The second-order valence-corrected chi connectivity index (χ2v) is 4.91. The van der Waals surface area contributed by atoms with Crippen molar-refractivity contribution in [1.82, 2.24) is 4.98 Å². The molecule has 1 aromatic carbocycles. The minimum atomic E-state index is 0.309. The predicted octanol–water partition coefficient (Wildman–Crippen LogP) is 2.68. The number of pyridine rings is 1. The van der Waals surface area contributed by atoms with Crippen LogP contribution in [0.3, 0.4) is 0 Å². The molecule has 0 amide bonds. The second-order valence-electron chi connectivity index (χ2n) is 3.89. The third-order valence-electron chi connectivity index (χ3n) is 2.64. The molecular weight excluding hydrogens is 248 g/mol. The topological polar surface area (TPSA) is 57.4 Å². The molecule has 0 aliphatic carbocycles. The molecule has 4 nitrogen and oxygen atoms in total. The third kappa shape index (κ3) is 2.22. The van der Waals surface area contributed by atoms with Crippen LogP contribution in [0.1, 0.15) is 5.56 Å². The molecule has 2 heterocycles. The molecule has 18 heavy (non-hydrogen) atoms. The maximum Gasteiger partial charge on any atom is 0.231 e. The number of nitrogens with two attached hydrogens (primary N) is 1. The van der Waals surface area contributed by atoms with Gasteiger partial charge in [-0.25, -0.2) is 0 Å². The van der Waals surface area contributed by atoms with Crippen molar-refractivity contribution in [3.63, 3.8) is 0 Å². The molecule has 0 saturated carbocycles. The van der Waals surface area contributed by atoms with Crippen molar-refractivity contribution in [1.29, 1.82) is 0 Å². The number of thioether (sulfide) groups is 1. The molecule has 0 spiro atoms. The van der Waals surface area contributed by atoms with Crippen molar-refractivity contribution >= 4 is 17.4 Å². The highest BCUT2D eigenvalue weighted by molar-refractivity contribution is 7.98. The number of hydrogen-bond donors (Lipinski definition) is 1. The highest BCUT2D eigenvalue weighted by atomic mass is 32.2. The first kappa shape index (κ1) is 11.2. The first-order chi connectivity index (χ1) is 8.83. The Bertz CT molecular complexity index is 575. The Morgan fingerprint density at radius 3 is 3.00 bits per heavy atom. The minimum absolute atomic E-state index is 0.309. The summed E-state index contributed by atoms with van der Waals surface area (Å²) in [5.74, 6) is 2.47. The largest absolute Gasteiger partial charge is 0.454 e. The van der Waals surface area contributed by atoms with E-state index in [0.717, 1.165) is 22.1 Å². The van der Waals surface area contributed by atoms with Crippen LogP contribution in [0.15, 0.2) is 41.6 Å². The van der Waals surface area contributed by atoms with Crippen LogP contribution in [0, 0.1) is 0 Å². The van der Waals surface area contributed by atoms with E-state index in [-0.39, 0.29) is 0 Å². The number of ether oxygens (including phenoxy) is 2. The molecular formula is C13H12N2O2S. The number of nitrogen functional groups attached to an aromatic ring is 1. The molecule has 3 rings (SSSR count). The fourth-order valence-electron chi connectivity index (χ4n) is 1.72. The van der Waals surface area contributed by atoms with E-state index < -0.39 is 0 Å². The van der Waals surface area contributed by atoms with E-state index in [1.165, 1.54) is 5.56 Å². The third-order valence-corrected chi connectivity index (χ3v) is 3.80. The van der Waals surface area contributed by atoms with Gasteiger partial charge in [-0.2, -0.15) is 0 Å². The molecule has 0 atom stereocenters. The van der Waals surface area contributed by atoms with Gasteiger partial charge >= 0.3 is 0 Å². The molecule has 0 radical (unpaired) electrons. The lowest BCUT2D eigenvalue weighted by molar-refractivity contribution is 0.174. The van der Waals surface area contributed by atoms with E-state index >= 15 is 0 Å². The zero-order valence-electron chi connectivity index (χ0n) is 9.63. The molecule has 0 fully saturated rings. The zero-order chi connectivity index (χ0) is 12.4. The summed E-state index contributed by atoms with van der Waals surface area (Å²) < 4.78 is 10.6. The van der Waals surface area contributed by atoms with Crippen molar-refractivity contribution in [2.45, 2.75) is 10.6 Å². The molecule has 0 bridgehead atoms. The number of benzene rings is 1. The molecule has 1 aliphatic rings. The number of hydrogen-bond acceptors (Lipinski definition) is 5. The predicted molar refractivity (Wildman–Crippen MR) is 70.8 cm³/mol. The summed E-state index contributed by atoms with van der Waals surface area (Å²) in [5, 5.41) is 0. The Morgan fingerprint density at radius 2 is 2.11 bits per heavy atom. The Hall–Kier alpha value is -1.88. The van der Waals surface area contributed by atoms with Gasteiger partial charge in [-0.15, -0.1) is 11.8 Å². The van der Waals surface area contributed by atoms with Gasteiger partial charge in [0.05, 0.1) is 11.9 Å². The lowest BCUT2D eigenvalue weighted by Crippen LogP contribution is -1.92. The molecule has 0 unspecified atom stereocenters. The Labute approximate surface area is 109 Å². The summed E-state index contributed by atoms with van der Waals surface area (Å²) in [7, 11) is 0. The van der Waals surface area contributed by atoms with E-state index in [2.05, 4.69) is 4.98 Å². The quantitative estimate of drug-likeness (QED) is 0.860. The van der Waals surface area contributed by atoms with Gasteiger partial charge in [0, 0.05) is 16.8 Å². The highest BCUT2D eigenvalue weighted by Crippen LogP contribution is 2.35. The monoisotopic (exact) mass is 260 g/mol. The van der Waals surface area contributed by atoms with E-state index in [4.69, 9.17) is 15.2 Å². The molecule has 0 saturated heterocycles. The van der Waals surface area contributed by atoms with Crippen LogP contribution in [0.25, 0.3) is 0 Å². The molecule has 92 valence electrons. The van der Waals surface area contributed by atoms with Crippen LogP contribution < -0.4 is 15.2 Å². The Kier molecular flexibility index (Phi) is 2.98. The van der Waals surface area contributed by atoms with Crippen LogP contribution in [0.5, 0.6) is 11.5 Å². The fourth-order valence-corrected chi connectivity index (χ4v) is 2.60. The van der Waals surface area contributed by atoms with E-state index in [1.54, 1.807) is 24.2 Å². The Morgan fingerprint density at radius 1 is 1.22 bits per heavy atom. The van der Waals surface area contributed by atoms with Crippen molar-refractivity contribution in [3.05, 3.63) is 42.2 Å². The molecule has 1 aromatic heterocycles. The van der Waals surface area contributed by atoms with Gasteiger partial charge in [-0.05, 0) is 23.8 Å². The average molecular weight is 260 g/mol. The van der Waals surface area contributed by atoms with Crippen LogP contribution in [0.4, 0.5) is 5.69 Å². The minimum Gasteiger partial charge on any atom is -0.454 e. The van der Waals surface area contributed by atoms with Crippen LogP contribution in [-0.2, 0) is 5.75 Å². The lowest BCUT2D eigenvalue weighted by Gasteiger charge is -2.05. The number of nitrogens with zero attached hydrogens (tertiary/aromatic N) is 1. The van der Waals surface area contributed by atoms with Crippen molar-refractivity contribution in [2.75, 3.05) is 12.5 Å². The average Bonchev–Trinajstić information content (AvgIpc) is 2.85. The number of anilines is 1. The van der Waals surface area contributed by atoms with Gasteiger partial charge in [0.15, 0.2) is 11.5 Å². The molecule has 2 aromatic rings. The van der Waals surface area contributed by atoms with Crippen LogP contribution >= 0.6 is 11.8 Å². The summed E-state index contributed by atoms with van der Waals surface area (Å²) in [5.41, 5.74) is 7.74. The standard InChI is InChI=1S/C13H12N2O2S/c14-10-6-15-4-3-13(10)18-7-9-1-2-11-12(5-9)17-8-16-11/h1-6H,7-8,14H2.